The molecule has 0 spiro atoms. The molecule has 1 aromatic rings. The zero-order valence-corrected chi connectivity index (χ0v) is 10.1. The molecule has 0 atom stereocenters. The highest BCUT2D eigenvalue weighted by Gasteiger charge is 1.94. The van der Waals surface area contributed by atoms with Crippen molar-refractivity contribution < 1.29 is 14.9 Å². The van der Waals surface area contributed by atoms with Crippen LogP contribution in [0.4, 0.5) is 0 Å². The minimum Gasteiger partial charge on any atom is -0.394 e. The number of nitrogens with one attached hydrogen (secondary N) is 1. The molecule has 4 nitrogen and oxygen atoms in total. The summed E-state index contributed by atoms with van der Waals surface area (Å²) >= 11 is 0. The summed E-state index contributed by atoms with van der Waals surface area (Å²) in [6, 6.07) is 7.89. The summed E-state index contributed by atoms with van der Waals surface area (Å²) in [4.78, 5) is 0. The Kier molecular flexibility index (Phi) is 7.58. The number of hydrogen-bond acceptors (Lipinski definition) is 4. The average molecular weight is 239 g/mol. The predicted molar refractivity (Wildman–Crippen MR) is 66.6 cm³/mol. The van der Waals surface area contributed by atoms with Gasteiger partial charge in [0.2, 0.25) is 0 Å². The van der Waals surface area contributed by atoms with E-state index >= 15 is 0 Å². The monoisotopic (exact) mass is 239 g/mol. The van der Waals surface area contributed by atoms with Crippen LogP contribution in [0.3, 0.4) is 0 Å². The largest absolute Gasteiger partial charge is 0.394 e. The smallest absolute Gasteiger partial charge is 0.0697 e. The maximum absolute atomic E-state index is 8.90. The zero-order chi connectivity index (χ0) is 12.3. The SMILES string of the molecule is OCCOCCCNCc1ccc(CO)cc1. The number of ether oxygens (including phenoxy) is 1. The van der Waals surface area contributed by atoms with Gasteiger partial charge in [0.15, 0.2) is 0 Å². The van der Waals surface area contributed by atoms with Crippen molar-refractivity contribution in [1.29, 1.82) is 0 Å². The van der Waals surface area contributed by atoms with Gasteiger partial charge in [0.05, 0.1) is 19.8 Å². The van der Waals surface area contributed by atoms with E-state index in [1.54, 1.807) is 0 Å². The molecule has 96 valence electrons. The molecule has 0 amide bonds. The average Bonchev–Trinajstić information content (AvgIpc) is 2.38. The Labute approximate surface area is 102 Å². The Bertz CT molecular complexity index is 287. The van der Waals surface area contributed by atoms with Crippen LogP contribution < -0.4 is 5.32 Å². The molecule has 0 radical (unpaired) electrons. The number of benzene rings is 1. The summed E-state index contributed by atoms with van der Waals surface area (Å²) in [7, 11) is 0. The number of hydrogen-bond donors (Lipinski definition) is 3. The van der Waals surface area contributed by atoms with Crippen LogP contribution in [-0.2, 0) is 17.9 Å². The van der Waals surface area contributed by atoms with E-state index in [4.69, 9.17) is 14.9 Å². The molecule has 0 aliphatic rings. The first-order valence-corrected chi connectivity index (χ1v) is 5.95. The van der Waals surface area contributed by atoms with Gasteiger partial charge < -0.3 is 20.3 Å². The Balaban J connectivity index is 2.05. The molecular weight excluding hydrogens is 218 g/mol. The van der Waals surface area contributed by atoms with E-state index in [-0.39, 0.29) is 13.2 Å². The van der Waals surface area contributed by atoms with Gasteiger partial charge in [-0.1, -0.05) is 24.3 Å². The highest BCUT2D eigenvalue weighted by Crippen LogP contribution is 2.03. The van der Waals surface area contributed by atoms with Crippen LogP contribution in [0.1, 0.15) is 17.5 Å². The third-order valence-corrected chi connectivity index (χ3v) is 2.41. The van der Waals surface area contributed by atoms with Crippen LogP contribution >= 0.6 is 0 Å². The van der Waals surface area contributed by atoms with Crippen LogP contribution in [0.5, 0.6) is 0 Å². The minimum atomic E-state index is 0.0879. The highest BCUT2D eigenvalue weighted by molar-refractivity contribution is 5.21. The Morgan fingerprint density at radius 3 is 2.35 bits per heavy atom. The van der Waals surface area contributed by atoms with E-state index < -0.39 is 0 Å². The second-order valence-electron chi connectivity index (χ2n) is 3.84. The van der Waals surface area contributed by atoms with Gasteiger partial charge in [-0.3, -0.25) is 0 Å². The lowest BCUT2D eigenvalue weighted by molar-refractivity contribution is 0.0907. The molecule has 0 aliphatic heterocycles. The van der Waals surface area contributed by atoms with Crippen LogP contribution in [0, 0.1) is 0 Å². The molecular formula is C13H21NO3. The lowest BCUT2D eigenvalue weighted by atomic mass is 10.1. The molecule has 0 saturated heterocycles. The van der Waals surface area contributed by atoms with Crippen LogP contribution in [0.25, 0.3) is 0 Å². The van der Waals surface area contributed by atoms with Crippen LogP contribution in [0.15, 0.2) is 24.3 Å². The molecule has 0 bridgehead atoms. The molecule has 1 rings (SSSR count). The Morgan fingerprint density at radius 1 is 1.00 bits per heavy atom. The second kappa shape index (κ2) is 9.13. The van der Waals surface area contributed by atoms with Crippen molar-refractivity contribution in [2.45, 2.75) is 19.6 Å². The summed E-state index contributed by atoms with van der Waals surface area (Å²) in [5, 5.41) is 20.7. The van der Waals surface area contributed by atoms with Gasteiger partial charge in [-0.25, -0.2) is 0 Å². The summed E-state index contributed by atoms with van der Waals surface area (Å²) < 4.78 is 5.15. The molecule has 4 heteroatoms. The van der Waals surface area contributed by atoms with Gasteiger partial charge in [-0.2, -0.15) is 0 Å². The molecule has 3 N–H and O–H groups in total. The van der Waals surface area contributed by atoms with E-state index in [1.807, 2.05) is 24.3 Å². The lowest BCUT2D eigenvalue weighted by Gasteiger charge is -2.06. The lowest BCUT2D eigenvalue weighted by Crippen LogP contribution is -2.16. The minimum absolute atomic E-state index is 0.0879. The Hall–Kier alpha value is -0.940. The van der Waals surface area contributed by atoms with Crippen molar-refractivity contribution in [2.24, 2.45) is 0 Å². The van der Waals surface area contributed by atoms with Crippen molar-refractivity contribution in [3.8, 4) is 0 Å². The fourth-order valence-electron chi connectivity index (χ4n) is 1.46. The normalized spacial score (nSPS) is 10.7. The first-order chi connectivity index (χ1) is 8.36. The summed E-state index contributed by atoms with van der Waals surface area (Å²) in [5.74, 6) is 0. The van der Waals surface area contributed by atoms with E-state index in [0.29, 0.717) is 13.2 Å². The van der Waals surface area contributed by atoms with Crippen molar-refractivity contribution in [2.75, 3.05) is 26.4 Å². The molecule has 0 fully saturated rings. The molecule has 0 aliphatic carbocycles. The Morgan fingerprint density at radius 2 is 1.71 bits per heavy atom. The standard InChI is InChI=1S/C13H21NO3/c15-7-9-17-8-1-6-14-10-12-2-4-13(11-16)5-3-12/h2-5,14-16H,1,6-11H2. The van der Waals surface area contributed by atoms with Crippen LogP contribution in [0.2, 0.25) is 0 Å². The molecule has 0 saturated carbocycles. The maximum atomic E-state index is 8.90. The van der Waals surface area contributed by atoms with E-state index in [2.05, 4.69) is 5.32 Å². The first kappa shape index (κ1) is 14.1. The van der Waals surface area contributed by atoms with Gasteiger partial charge in [0.1, 0.15) is 0 Å². The van der Waals surface area contributed by atoms with Gasteiger partial charge >= 0.3 is 0 Å². The number of aliphatic hydroxyl groups is 2. The number of rotatable bonds is 9. The van der Waals surface area contributed by atoms with Gasteiger partial charge in [-0.05, 0) is 24.1 Å². The van der Waals surface area contributed by atoms with E-state index in [1.165, 1.54) is 5.56 Å². The molecule has 1 aromatic carbocycles. The maximum Gasteiger partial charge on any atom is 0.0697 e. The fourth-order valence-corrected chi connectivity index (χ4v) is 1.46. The summed E-state index contributed by atoms with van der Waals surface area (Å²) in [6.45, 7) is 3.00. The summed E-state index contributed by atoms with van der Waals surface area (Å²) in [5.41, 5.74) is 2.14. The second-order valence-corrected chi connectivity index (χ2v) is 3.84. The third-order valence-electron chi connectivity index (χ3n) is 2.41. The van der Waals surface area contributed by atoms with Crippen molar-refractivity contribution in [3.63, 3.8) is 0 Å². The third kappa shape index (κ3) is 6.38. The molecule has 0 aromatic heterocycles. The number of aliphatic hydroxyl groups excluding tert-OH is 2. The van der Waals surface area contributed by atoms with Gasteiger partial charge in [0.25, 0.3) is 0 Å². The zero-order valence-electron chi connectivity index (χ0n) is 10.1. The molecule has 0 unspecified atom stereocenters. The van der Waals surface area contributed by atoms with Gasteiger partial charge in [-0.15, -0.1) is 0 Å². The van der Waals surface area contributed by atoms with E-state index in [9.17, 15) is 0 Å². The predicted octanol–water partition coefficient (Wildman–Crippen LogP) is 0.667. The quantitative estimate of drug-likeness (QED) is 0.554. The highest BCUT2D eigenvalue weighted by atomic mass is 16.5. The molecule has 0 heterocycles. The van der Waals surface area contributed by atoms with Crippen molar-refractivity contribution in [1.82, 2.24) is 5.32 Å². The van der Waals surface area contributed by atoms with E-state index in [0.717, 1.165) is 25.1 Å². The first-order valence-electron chi connectivity index (χ1n) is 5.95. The summed E-state index contributed by atoms with van der Waals surface area (Å²) in [6.07, 6.45) is 0.939. The topological polar surface area (TPSA) is 61.7 Å². The van der Waals surface area contributed by atoms with Crippen LogP contribution in [-0.4, -0.2) is 36.6 Å². The molecule has 17 heavy (non-hydrogen) atoms. The van der Waals surface area contributed by atoms with Crippen molar-refractivity contribution >= 4 is 0 Å². The van der Waals surface area contributed by atoms with Crippen molar-refractivity contribution in [3.05, 3.63) is 35.4 Å². The van der Waals surface area contributed by atoms with Gasteiger partial charge in [0, 0.05) is 13.2 Å². The fraction of sp³-hybridized carbons (Fsp3) is 0.538.